The number of aromatic nitrogens is 6. The topological polar surface area (TPSA) is 64.3 Å². The maximum absolute atomic E-state index is 6.60. The van der Waals surface area contributed by atoms with E-state index in [1.165, 1.54) is 6.33 Å². The predicted molar refractivity (Wildman–Crippen MR) is 121 cm³/mol. The molecule has 148 valence electrons. The van der Waals surface area contributed by atoms with E-state index < -0.39 is 0 Å². The van der Waals surface area contributed by atoms with Gasteiger partial charge in [-0.25, -0.2) is 14.6 Å². The van der Waals surface area contributed by atoms with Gasteiger partial charge in [0.15, 0.2) is 0 Å². The number of halogens is 2. The molecular weight excluding hydrogens is 439 g/mol. The second-order valence-corrected chi connectivity index (χ2v) is 7.80. The zero-order valence-corrected chi connectivity index (χ0v) is 17.8. The van der Waals surface area contributed by atoms with Crippen LogP contribution in [0.3, 0.4) is 0 Å². The first-order valence-corrected chi connectivity index (χ1v) is 10.2. The van der Waals surface area contributed by atoms with E-state index in [1.807, 2.05) is 42.5 Å². The molecule has 1 N–H and O–H groups in total. The molecule has 0 atom stereocenters. The third kappa shape index (κ3) is 3.31. The van der Waals surface area contributed by atoms with Crippen LogP contribution in [0.1, 0.15) is 5.56 Å². The van der Waals surface area contributed by atoms with Crippen molar-refractivity contribution in [2.75, 3.05) is 0 Å². The number of H-pyrrole nitrogens is 1. The van der Waals surface area contributed by atoms with Crippen molar-refractivity contribution in [3.8, 4) is 17.1 Å². The number of aromatic amines is 1. The van der Waals surface area contributed by atoms with Crippen LogP contribution in [0.2, 0.25) is 10.0 Å². The van der Waals surface area contributed by atoms with Gasteiger partial charge in [0.2, 0.25) is 4.77 Å². The maximum atomic E-state index is 6.60. The summed E-state index contributed by atoms with van der Waals surface area (Å²) in [5, 5.41) is 3.93. The quantitative estimate of drug-likeness (QED) is 0.355. The van der Waals surface area contributed by atoms with Crippen molar-refractivity contribution in [1.29, 1.82) is 0 Å². The van der Waals surface area contributed by atoms with Crippen LogP contribution in [0.4, 0.5) is 0 Å². The largest absolute Gasteiger partial charge is 0.319 e. The average molecular weight is 453 g/mol. The summed E-state index contributed by atoms with van der Waals surface area (Å²) in [7, 11) is 0. The molecule has 0 radical (unpaired) electrons. The normalized spacial score (nSPS) is 11.3. The van der Waals surface area contributed by atoms with Crippen molar-refractivity contribution in [1.82, 2.24) is 29.3 Å². The van der Waals surface area contributed by atoms with Crippen LogP contribution in [-0.2, 0) is 6.54 Å². The van der Waals surface area contributed by atoms with Gasteiger partial charge in [0, 0.05) is 18.0 Å². The Morgan fingerprint density at radius 2 is 1.83 bits per heavy atom. The molecule has 6 nitrogen and oxygen atoms in total. The highest BCUT2D eigenvalue weighted by atomic mass is 35.5. The Bertz CT molecular complexity index is 1420. The van der Waals surface area contributed by atoms with Crippen LogP contribution >= 0.6 is 35.4 Å². The lowest BCUT2D eigenvalue weighted by atomic mass is 10.1. The number of benzene rings is 2. The second kappa shape index (κ2) is 7.68. The van der Waals surface area contributed by atoms with Gasteiger partial charge in [-0.05, 0) is 54.2 Å². The average Bonchev–Trinajstić information content (AvgIpc) is 3.35. The van der Waals surface area contributed by atoms with E-state index in [0.29, 0.717) is 21.4 Å². The Hall–Kier alpha value is -3.00. The molecule has 0 aliphatic heterocycles. The van der Waals surface area contributed by atoms with Crippen LogP contribution in [-0.4, -0.2) is 29.3 Å². The number of nitrogens with one attached hydrogen (secondary N) is 1. The third-order valence-corrected chi connectivity index (χ3v) is 5.95. The summed E-state index contributed by atoms with van der Waals surface area (Å²) in [6.07, 6.45) is 5.04. The first-order chi connectivity index (χ1) is 14.6. The van der Waals surface area contributed by atoms with E-state index in [9.17, 15) is 0 Å². The number of nitrogens with zero attached hydrogens (tertiary/aromatic N) is 5. The molecule has 0 bridgehead atoms. The summed E-state index contributed by atoms with van der Waals surface area (Å²) < 4.78 is 4.21. The Kier molecular flexibility index (Phi) is 4.86. The van der Waals surface area contributed by atoms with Gasteiger partial charge in [-0.15, -0.1) is 0 Å². The molecule has 0 aliphatic carbocycles. The Labute approximate surface area is 186 Å². The summed E-state index contributed by atoms with van der Waals surface area (Å²) in [5.74, 6) is 0.828. The molecule has 0 fully saturated rings. The van der Waals surface area contributed by atoms with Gasteiger partial charge >= 0.3 is 0 Å². The summed E-state index contributed by atoms with van der Waals surface area (Å²) in [6.45, 7) is 0.478. The molecule has 0 saturated heterocycles. The zero-order valence-electron chi connectivity index (χ0n) is 15.5. The third-order valence-electron chi connectivity index (χ3n) is 4.82. The molecule has 0 unspecified atom stereocenters. The van der Waals surface area contributed by atoms with E-state index in [2.05, 4.69) is 19.6 Å². The molecule has 5 aromatic rings. The van der Waals surface area contributed by atoms with Crippen molar-refractivity contribution in [3.05, 3.63) is 87.6 Å². The summed E-state index contributed by atoms with van der Waals surface area (Å²) in [6, 6.07) is 15.6. The van der Waals surface area contributed by atoms with Gasteiger partial charge in [0.1, 0.15) is 12.2 Å². The van der Waals surface area contributed by atoms with Crippen LogP contribution in [0, 0.1) is 4.77 Å². The second-order valence-electron chi connectivity index (χ2n) is 6.65. The van der Waals surface area contributed by atoms with E-state index in [-0.39, 0.29) is 0 Å². The van der Waals surface area contributed by atoms with Gasteiger partial charge in [0.25, 0.3) is 0 Å². The van der Waals surface area contributed by atoms with Crippen molar-refractivity contribution < 1.29 is 0 Å². The highest BCUT2D eigenvalue weighted by Crippen LogP contribution is 2.32. The van der Waals surface area contributed by atoms with Gasteiger partial charge in [-0.2, -0.15) is 0 Å². The number of rotatable bonds is 4. The van der Waals surface area contributed by atoms with Crippen LogP contribution in [0.5, 0.6) is 0 Å². The Morgan fingerprint density at radius 1 is 1.03 bits per heavy atom. The summed E-state index contributed by atoms with van der Waals surface area (Å²) >= 11 is 18.3. The number of para-hydroxylation sites is 2. The zero-order chi connectivity index (χ0) is 20.7. The number of fused-ring (bicyclic) bond motifs is 1. The van der Waals surface area contributed by atoms with E-state index in [1.54, 1.807) is 23.1 Å². The molecule has 0 spiro atoms. The molecular formula is C21H14Cl2N6S. The number of hydrogen-bond donors (Lipinski definition) is 1. The minimum absolute atomic E-state index is 0.407. The standard InChI is InChI=1S/C21H14Cl2N6S/c22-16-10-15(29-21(30)25-12-26-29)9-14(19(16)23)11-28-18-4-2-1-3-17(18)27-20(28)13-5-7-24-8-6-13/h1-10,12H,11H2,(H,25,26,30). The maximum Gasteiger partial charge on any atom is 0.220 e. The highest BCUT2D eigenvalue weighted by Gasteiger charge is 2.16. The number of imidazole rings is 1. The number of pyridine rings is 1. The van der Waals surface area contributed by atoms with Crippen molar-refractivity contribution in [2.24, 2.45) is 0 Å². The first kappa shape index (κ1) is 19.0. The molecule has 5 rings (SSSR count). The van der Waals surface area contributed by atoms with E-state index in [4.69, 9.17) is 40.4 Å². The fourth-order valence-electron chi connectivity index (χ4n) is 3.44. The van der Waals surface area contributed by atoms with Crippen molar-refractivity contribution in [2.45, 2.75) is 6.54 Å². The lowest BCUT2D eigenvalue weighted by Crippen LogP contribution is -2.05. The summed E-state index contributed by atoms with van der Waals surface area (Å²) in [5.41, 5.74) is 4.47. The van der Waals surface area contributed by atoms with Crippen LogP contribution in [0.25, 0.3) is 28.1 Å². The minimum atomic E-state index is 0.407. The molecule has 9 heteroatoms. The SMILES string of the molecule is S=c1nc[nH]n1-c1cc(Cl)c(Cl)c(Cn2c(-c3ccncc3)nc3ccccc32)c1. The molecule has 0 amide bonds. The van der Waals surface area contributed by atoms with E-state index >= 15 is 0 Å². The molecule has 2 aromatic carbocycles. The first-order valence-electron chi connectivity index (χ1n) is 9.08. The van der Waals surface area contributed by atoms with Crippen LogP contribution < -0.4 is 0 Å². The fraction of sp³-hybridized carbons (Fsp3) is 0.0476. The monoisotopic (exact) mass is 452 g/mol. The van der Waals surface area contributed by atoms with E-state index in [0.717, 1.165) is 33.7 Å². The van der Waals surface area contributed by atoms with Gasteiger partial charge in [0.05, 0.1) is 33.3 Å². The molecule has 0 saturated carbocycles. The minimum Gasteiger partial charge on any atom is -0.319 e. The molecule has 30 heavy (non-hydrogen) atoms. The predicted octanol–water partition coefficient (Wildman–Crippen LogP) is 5.70. The smallest absolute Gasteiger partial charge is 0.220 e. The molecule has 0 aliphatic rings. The Balaban J connectivity index is 1.69. The van der Waals surface area contributed by atoms with Gasteiger partial charge in [-0.1, -0.05) is 35.3 Å². The highest BCUT2D eigenvalue weighted by molar-refractivity contribution is 7.71. The fourth-order valence-corrected chi connectivity index (χ4v) is 4.05. The molecule has 3 heterocycles. The van der Waals surface area contributed by atoms with Crippen LogP contribution in [0.15, 0.2) is 67.3 Å². The lowest BCUT2D eigenvalue weighted by Gasteiger charge is -2.14. The van der Waals surface area contributed by atoms with Gasteiger partial charge < -0.3 is 4.57 Å². The van der Waals surface area contributed by atoms with Gasteiger partial charge in [-0.3, -0.25) is 10.1 Å². The van der Waals surface area contributed by atoms with Crippen molar-refractivity contribution in [3.63, 3.8) is 0 Å². The lowest BCUT2D eigenvalue weighted by molar-refractivity contribution is 0.823. The van der Waals surface area contributed by atoms with Crippen molar-refractivity contribution >= 4 is 46.5 Å². The molecule has 3 aromatic heterocycles. The summed E-state index contributed by atoms with van der Waals surface area (Å²) in [4.78, 5) is 13.0. The number of hydrogen-bond acceptors (Lipinski definition) is 4. The Morgan fingerprint density at radius 3 is 2.60 bits per heavy atom.